The number of halogens is 1. The minimum atomic E-state index is -0.528. The molecule has 1 aliphatic rings. The third-order valence-corrected chi connectivity index (χ3v) is 5.81. The van der Waals surface area contributed by atoms with Crippen LogP contribution in [0.5, 0.6) is 11.5 Å². The number of imide groups is 1. The van der Waals surface area contributed by atoms with Crippen LogP contribution in [0, 0.1) is 0 Å². The van der Waals surface area contributed by atoms with Crippen LogP contribution in [0.4, 0.5) is 10.5 Å². The van der Waals surface area contributed by atoms with Crippen LogP contribution in [0.25, 0.3) is 6.08 Å². The minimum Gasteiger partial charge on any atom is -0.493 e. The second-order valence-electron chi connectivity index (χ2n) is 7.07. The maximum Gasteiger partial charge on any atom is 0.294 e. The first-order valence-electron chi connectivity index (χ1n) is 9.96. The molecule has 9 heteroatoms. The quantitative estimate of drug-likeness (QED) is 0.529. The van der Waals surface area contributed by atoms with Crippen molar-refractivity contribution in [2.45, 2.75) is 26.4 Å². The van der Waals surface area contributed by atoms with Crippen molar-refractivity contribution >= 4 is 52.2 Å². The summed E-state index contributed by atoms with van der Waals surface area (Å²) in [5.41, 5.74) is 1.16. The van der Waals surface area contributed by atoms with Gasteiger partial charge in [-0.25, -0.2) is 0 Å². The Balaban J connectivity index is 1.71. The molecule has 1 atom stereocenters. The molecule has 0 saturated carbocycles. The van der Waals surface area contributed by atoms with Gasteiger partial charge in [0.25, 0.3) is 11.1 Å². The van der Waals surface area contributed by atoms with Gasteiger partial charge in [-0.3, -0.25) is 19.3 Å². The molecule has 3 amide bonds. The summed E-state index contributed by atoms with van der Waals surface area (Å²) in [5, 5.41) is 2.59. The van der Waals surface area contributed by atoms with Crippen LogP contribution >= 0.6 is 23.4 Å². The van der Waals surface area contributed by atoms with Crippen molar-refractivity contribution in [3.8, 4) is 11.5 Å². The van der Waals surface area contributed by atoms with E-state index in [1.165, 1.54) is 7.11 Å². The number of anilines is 1. The summed E-state index contributed by atoms with van der Waals surface area (Å²) in [6.45, 7) is 3.60. The smallest absolute Gasteiger partial charge is 0.294 e. The van der Waals surface area contributed by atoms with Crippen LogP contribution in [0.2, 0.25) is 5.02 Å². The number of benzene rings is 2. The van der Waals surface area contributed by atoms with E-state index in [4.69, 9.17) is 21.1 Å². The summed E-state index contributed by atoms with van der Waals surface area (Å²) < 4.78 is 11.2. The van der Waals surface area contributed by atoms with Gasteiger partial charge in [-0.05, 0) is 67.1 Å². The predicted molar refractivity (Wildman–Crippen MR) is 126 cm³/mol. The highest BCUT2D eigenvalue weighted by Crippen LogP contribution is 2.35. The summed E-state index contributed by atoms with van der Waals surface area (Å²) in [7, 11) is 1.54. The van der Waals surface area contributed by atoms with E-state index >= 15 is 0 Å². The van der Waals surface area contributed by atoms with Crippen LogP contribution in [0.1, 0.15) is 25.8 Å². The highest BCUT2D eigenvalue weighted by Gasteiger charge is 2.36. The molecule has 0 spiro atoms. The first-order chi connectivity index (χ1) is 15.3. The van der Waals surface area contributed by atoms with E-state index in [-0.39, 0.29) is 17.6 Å². The largest absolute Gasteiger partial charge is 0.493 e. The Bertz CT molecular complexity index is 1070. The Hall–Kier alpha value is -2.97. The number of methoxy groups -OCH3 is 1. The number of rotatable bonds is 8. The van der Waals surface area contributed by atoms with E-state index < -0.39 is 17.1 Å². The number of thioether (sulfide) groups is 1. The zero-order valence-corrected chi connectivity index (χ0v) is 19.5. The fraction of sp³-hybridized carbons (Fsp3) is 0.261. The maximum atomic E-state index is 12.7. The molecule has 1 N–H and O–H groups in total. The molecule has 3 rings (SSSR count). The number of amides is 3. The molecule has 1 saturated heterocycles. The van der Waals surface area contributed by atoms with Crippen molar-refractivity contribution < 1.29 is 23.9 Å². The summed E-state index contributed by atoms with van der Waals surface area (Å²) in [4.78, 5) is 38.5. The number of hydrogen-bond donors (Lipinski definition) is 1. The average molecular weight is 475 g/mol. The van der Waals surface area contributed by atoms with Gasteiger partial charge in [-0.1, -0.05) is 30.7 Å². The van der Waals surface area contributed by atoms with Crippen LogP contribution in [-0.4, -0.2) is 41.7 Å². The fourth-order valence-corrected chi connectivity index (χ4v) is 3.90. The number of ether oxygens (including phenoxy) is 2. The molecular weight excluding hydrogens is 452 g/mol. The summed E-state index contributed by atoms with van der Waals surface area (Å²) in [6.07, 6.45) is 2.47. The number of carbonyl (C=O) groups is 3. The van der Waals surface area contributed by atoms with Crippen LogP contribution in [-0.2, 0) is 9.59 Å². The highest BCUT2D eigenvalue weighted by molar-refractivity contribution is 8.18. The predicted octanol–water partition coefficient (Wildman–Crippen LogP) is 5.20. The van der Waals surface area contributed by atoms with E-state index in [1.807, 2.05) is 13.8 Å². The highest BCUT2D eigenvalue weighted by atomic mass is 35.5. The molecular formula is C23H23ClN2O5S. The first kappa shape index (κ1) is 23.7. The number of carbonyl (C=O) groups excluding carboxylic acids is 3. The van der Waals surface area contributed by atoms with Gasteiger partial charge in [-0.2, -0.15) is 0 Å². The van der Waals surface area contributed by atoms with Gasteiger partial charge in [0.15, 0.2) is 11.5 Å². The van der Waals surface area contributed by atoms with Crippen LogP contribution in [0.15, 0.2) is 47.4 Å². The van der Waals surface area contributed by atoms with Crippen molar-refractivity contribution in [1.82, 2.24) is 4.90 Å². The molecule has 2 aromatic rings. The fourth-order valence-electron chi connectivity index (χ4n) is 2.87. The van der Waals surface area contributed by atoms with Gasteiger partial charge < -0.3 is 14.8 Å². The Labute approximate surface area is 195 Å². The Kier molecular flexibility index (Phi) is 7.82. The van der Waals surface area contributed by atoms with Crippen molar-refractivity contribution in [2.75, 3.05) is 19.0 Å². The van der Waals surface area contributed by atoms with Gasteiger partial charge >= 0.3 is 0 Å². The standard InChI is InChI=1S/C23H23ClN2O5S/c1-4-14(2)31-18-9-8-15(10-19(18)30-3)11-20-22(28)26(23(29)32-20)13-21(27)25-17-7-5-6-16(24)12-17/h5-12,14H,4,13H2,1-3H3,(H,25,27)/b20-11-/t14-/m1/s1. The van der Waals surface area contributed by atoms with E-state index in [2.05, 4.69) is 5.32 Å². The Morgan fingerprint density at radius 2 is 2.00 bits per heavy atom. The molecule has 0 aliphatic carbocycles. The lowest BCUT2D eigenvalue weighted by Crippen LogP contribution is -2.36. The van der Waals surface area contributed by atoms with Crippen molar-refractivity contribution in [1.29, 1.82) is 0 Å². The number of nitrogens with one attached hydrogen (secondary N) is 1. The number of hydrogen-bond acceptors (Lipinski definition) is 6. The second kappa shape index (κ2) is 10.6. The molecule has 0 bridgehead atoms. The molecule has 0 radical (unpaired) electrons. The van der Waals surface area contributed by atoms with Gasteiger partial charge in [0.05, 0.1) is 18.1 Å². The minimum absolute atomic E-state index is 0.0318. The number of nitrogens with zero attached hydrogens (tertiary/aromatic N) is 1. The lowest BCUT2D eigenvalue weighted by molar-refractivity contribution is -0.127. The molecule has 32 heavy (non-hydrogen) atoms. The average Bonchev–Trinajstić information content (AvgIpc) is 3.01. The Morgan fingerprint density at radius 1 is 1.22 bits per heavy atom. The van der Waals surface area contributed by atoms with Gasteiger partial charge in [0, 0.05) is 10.7 Å². The lowest BCUT2D eigenvalue weighted by Gasteiger charge is -2.15. The lowest BCUT2D eigenvalue weighted by atomic mass is 10.1. The van der Waals surface area contributed by atoms with Gasteiger partial charge in [-0.15, -0.1) is 0 Å². The molecule has 0 unspecified atom stereocenters. The monoisotopic (exact) mass is 474 g/mol. The molecule has 0 aromatic heterocycles. The molecule has 168 valence electrons. The molecule has 7 nitrogen and oxygen atoms in total. The third kappa shape index (κ3) is 5.83. The van der Waals surface area contributed by atoms with Crippen molar-refractivity contribution in [2.24, 2.45) is 0 Å². The van der Waals surface area contributed by atoms with E-state index in [1.54, 1.807) is 48.5 Å². The molecule has 2 aromatic carbocycles. The zero-order valence-electron chi connectivity index (χ0n) is 17.9. The van der Waals surface area contributed by atoms with Gasteiger partial charge in [0.1, 0.15) is 6.54 Å². The van der Waals surface area contributed by atoms with Crippen LogP contribution in [0.3, 0.4) is 0 Å². The van der Waals surface area contributed by atoms with E-state index in [0.29, 0.717) is 27.8 Å². The first-order valence-corrected chi connectivity index (χ1v) is 11.2. The SMILES string of the molecule is CC[C@@H](C)Oc1ccc(/C=C2\SC(=O)N(CC(=O)Nc3cccc(Cl)c3)C2=O)cc1OC. The van der Waals surface area contributed by atoms with Crippen LogP contribution < -0.4 is 14.8 Å². The normalized spacial score (nSPS) is 15.8. The van der Waals surface area contributed by atoms with Crippen molar-refractivity contribution in [3.63, 3.8) is 0 Å². The Morgan fingerprint density at radius 3 is 2.69 bits per heavy atom. The summed E-state index contributed by atoms with van der Waals surface area (Å²) in [6, 6.07) is 11.9. The molecule has 1 heterocycles. The molecule has 1 aliphatic heterocycles. The maximum absolute atomic E-state index is 12.7. The summed E-state index contributed by atoms with van der Waals surface area (Å²) in [5.74, 6) is 0.105. The van der Waals surface area contributed by atoms with E-state index in [9.17, 15) is 14.4 Å². The zero-order chi connectivity index (χ0) is 23.3. The topological polar surface area (TPSA) is 84.9 Å². The second-order valence-corrected chi connectivity index (χ2v) is 8.50. The van der Waals surface area contributed by atoms with E-state index in [0.717, 1.165) is 23.1 Å². The molecule has 1 fully saturated rings. The third-order valence-electron chi connectivity index (χ3n) is 4.67. The summed E-state index contributed by atoms with van der Waals surface area (Å²) >= 11 is 6.69. The van der Waals surface area contributed by atoms with Gasteiger partial charge in [0.2, 0.25) is 5.91 Å². The van der Waals surface area contributed by atoms with Crippen molar-refractivity contribution in [3.05, 3.63) is 58.0 Å².